The minimum atomic E-state index is -2.03. The van der Waals surface area contributed by atoms with Gasteiger partial charge in [0.25, 0.3) is 0 Å². The van der Waals surface area contributed by atoms with E-state index in [0.29, 0.717) is 12.8 Å². The van der Waals surface area contributed by atoms with Crippen LogP contribution >= 0.6 is 0 Å². The van der Waals surface area contributed by atoms with Gasteiger partial charge in [-0.05, 0) is 12.8 Å². The van der Waals surface area contributed by atoms with E-state index in [1.54, 1.807) is 0 Å². The van der Waals surface area contributed by atoms with Crippen molar-refractivity contribution in [3.05, 3.63) is 0 Å². The summed E-state index contributed by atoms with van der Waals surface area (Å²) in [5, 5.41) is 136. The zero-order valence-corrected chi connectivity index (χ0v) is 50.1. The lowest BCUT2D eigenvalue weighted by Crippen LogP contribution is -2.69. The molecule has 3 aliphatic rings. The Morgan fingerprint density at radius 2 is 0.829 bits per heavy atom. The van der Waals surface area contributed by atoms with Gasteiger partial charge in [-0.1, -0.05) is 206 Å². The summed E-state index contributed by atoms with van der Waals surface area (Å²) in [6.45, 7) is 2.24. The molecular formula is C60H114N2O20. The quantitative estimate of drug-likeness (QED) is 0.0386. The van der Waals surface area contributed by atoms with Crippen LogP contribution in [0, 0.1) is 0 Å². The lowest BCUT2D eigenvalue weighted by atomic mass is 9.95. The van der Waals surface area contributed by atoms with E-state index in [1.807, 2.05) is 0 Å². The molecule has 0 aromatic heterocycles. The van der Waals surface area contributed by atoms with Crippen LogP contribution in [0.5, 0.6) is 0 Å². The highest BCUT2D eigenvalue weighted by atomic mass is 16.8. The molecule has 0 spiro atoms. The molecule has 0 radical (unpaired) electrons. The van der Waals surface area contributed by atoms with Gasteiger partial charge in [-0.25, -0.2) is 0 Å². The van der Waals surface area contributed by atoms with E-state index in [0.717, 1.165) is 64.7 Å². The Balaban J connectivity index is 1.72. The second-order valence-electron chi connectivity index (χ2n) is 23.5. The van der Waals surface area contributed by atoms with Crippen LogP contribution in [0.2, 0.25) is 0 Å². The smallest absolute Gasteiger partial charge is 0.249 e. The van der Waals surface area contributed by atoms with E-state index in [2.05, 4.69) is 24.5 Å². The van der Waals surface area contributed by atoms with E-state index in [4.69, 9.17) is 28.4 Å². The third kappa shape index (κ3) is 27.1. The second-order valence-corrected chi connectivity index (χ2v) is 23.5. The minimum absolute atomic E-state index is 0.122. The van der Waals surface area contributed by atoms with E-state index < -0.39 is 155 Å². The first-order valence-electron chi connectivity index (χ1n) is 32.0. The van der Waals surface area contributed by atoms with Crippen LogP contribution in [0.15, 0.2) is 0 Å². The molecule has 3 saturated heterocycles. The predicted octanol–water partition coefficient (Wildman–Crippen LogP) is 3.69. The lowest BCUT2D eigenvalue weighted by Gasteiger charge is -2.49. The zero-order chi connectivity index (χ0) is 60.2. The van der Waals surface area contributed by atoms with Gasteiger partial charge in [-0.2, -0.15) is 0 Å². The molecule has 3 heterocycles. The van der Waals surface area contributed by atoms with Gasteiger partial charge in [0.05, 0.1) is 38.6 Å². The Morgan fingerprint density at radius 3 is 1.27 bits per heavy atom. The number of nitrogens with one attached hydrogen (secondary N) is 2. The molecule has 0 aliphatic carbocycles. The van der Waals surface area contributed by atoms with Crippen LogP contribution < -0.4 is 10.6 Å². The number of aliphatic hydroxyl groups is 12. The highest BCUT2D eigenvalue weighted by Crippen LogP contribution is 2.34. The molecule has 19 atom stereocenters. The summed E-state index contributed by atoms with van der Waals surface area (Å²) in [4.78, 5) is 26.1. The third-order valence-corrected chi connectivity index (χ3v) is 16.5. The molecule has 0 aromatic rings. The van der Waals surface area contributed by atoms with Gasteiger partial charge >= 0.3 is 0 Å². The molecule has 0 bridgehead atoms. The maximum absolute atomic E-state index is 13.7. The van der Waals surface area contributed by atoms with E-state index in [9.17, 15) is 70.9 Å². The molecule has 0 aromatic carbocycles. The molecular weight excluding hydrogens is 1070 g/mol. The van der Waals surface area contributed by atoms with Crippen molar-refractivity contribution in [2.24, 2.45) is 0 Å². The second kappa shape index (κ2) is 43.8. The number of amides is 2. The normalized spacial score (nSPS) is 30.2. The Hall–Kier alpha value is -1.78. The van der Waals surface area contributed by atoms with Crippen LogP contribution in [-0.4, -0.2) is 216 Å². The van der Waals surface area contributed by atoms with Gasteiger partial charge in [0.1, 0.15) is 85.4 Å². The summed E-state index contributed by atoms with van der Waals surface area (Å²) >= 11 is 0. The van der Waals surface area contributed by atoms with E-state index in [1.165, 1.54) is 122 Å². The predicted molar refractivity (Wildman–Crippen MR) is 306 cm³/mol. The van der Waals surface area contributed by atoms with Crippen LogP contribution in [-0.2, 0) is 38.0 Å². The van der Waals surface area contributed by atoms with Crippen molar-refractivity contribution < 1.29 is 99.3 Å². The number of unbranched alkanes of at least 4 members (excludes halogenated alkanes) is 28. The van der Waals surface area contributed by atoms with Crippen LogP contribution in [0.4, 0.5) is 0 Å². The number of hydrogen-bond donors (Lipinski definition) is 14. The maximum atomic E-state index is 13.7. The first-order valence-corrected chi connectivity index (χ1v) is 32.0. The Labute approximate surface area is 489 Å². The molecule has 2 amide bonds. The Bertz CT molecular complexity index is 1610. The molecule has 22 nitrogen and oxygen atoms in total. The van der Waals surface area contributed by atoms with Gasteiger partial charge in [-0.3, -0.25) is 9.59 Å². The van der Waals surface area contributed by atoms with Crippen molar-refractivity contribution in [2.75, 3.05) is 26.4 Å². The number of ether oxygens (including phenoxy) is 6. The molecule has 22 heteroatoms. The van der Waals surface area contributed by atoms with Crippen molar-refractivity contribution in [1.29, 1.82) is 0 Å². The first-order chi connectivity index (χ1) is 39.5. The fourth-order valence-electron chi connectivity index (χ4n) is 11.3. The molecule has 82 heavy (non-hydrogen) atoms. The minimum Gasteiger partial charge on any atom is -0.394 e. The fourth-order valence-corrected chi connectivity index (χ4v) is 11.3. The van der Waals surface area contributed by atoms with E-state index >= 15 is 0 Å². The Kier molecular flexibility index (Phi) is 39.8. The number of carbonyl (C=O) groups is 2. The van der Waals surface area contributed by atoms with Gasteiger partial charge < -0.3 is 100 Å². The van der Waals surface area contributed by atoms with Gasteiger partial charge in [0, 0.05) is 6.92 Å². The van der Waals surface area contributed by atoms with Crippen LogP contribution in [0.25, 0.3) is 0 Å². The van der Waals surface area contributed by atoms with Crippen molar-refractivity contribution >= 4 is 11.8 Å². The van der Waals surface area contributed by atoms with Crippen LogP contribution in [0.1, 0.15) is 226 Å². The highest BCUT2D eigenvalue weighted by Gasteiger charge is 2.55. The summed E-state index contributed by atoms with van der Waals surface area (Å²) in [6, 6.07) is -3.01. The summed E-state index contributed by atoms with van der Waals surface area (Å²) in [5.74, 6) is -1.56. The number of rotatable bonds is 47. The maximum Gasteiger partial charge on any atom is 0.249 e. The highest BCUT2D eigenvalue weighted by molar-refractivity contribution is 5.80. The average Bonchev–Trinajstić information content (AvgIpc) is 3.22. The molecule has 0 saturated carbocycles. The molecule has 3 aliphatic heterocycles. The van der Waals surface area contributed by atoms with Crippen molar-refractivity contribution in [1.82, 2.24) is 10.6 Å². The number of hydrogen-bond acceptors (Lipinski definition) is 20. The monoisotopic (exact) mass is 1180 g/mol. The number of carbonyl (C=O) groups excluding carboxylic acids is 2. The van der Waals surface area contributed by atoms with Crippen LogP contribution in [0.3, 0.4) is 0 Å². The largest absolute Gasteiger partial charge is 0.394 e. The average molecular weight is 1180 g/mol. The topological polar surface area (TPSA) is 356 Å². The summed E-state index contributed by atoms with van der Waals surface area (Å²) in [7, 11) is 0. The number of aliphatic hydroxyl groups excluding tert-OH is 12. The molecule has 484 valence electrons. The Morgan fingerprint density at radius 1 is 0.451 bits per heavy atom. The van der Waals surface area contributed by atoms with Crippen molar-refractivity contribution in [3.8, 4) is 0 Å². The molecule has 14 N–H and O–H groups in total. The summed E-state index contributed by atoms with van der Waals surface area (Å²) in [6.07, 6.45) is 5.14. The standard InChI is InChI=1S/C60H114N2O20/c1-4-6-8-10-12-14-16-17-18-19-20-21-22-23-24-25-27-29-31-33-35-43(68)57(76)62-41(48(69)42(67)34-32-30-28-26-15-13-11-9-7-5-2)39-77-60-56(82-59-54(75)53(74)50(71)45(37-64)79-59)55(51(72)46(38-65)80-60)81-58-47(61-40(3)66)52(73)49(70)44(36-63)78-58/h41-56,58-60,63-65,67-75H,4-39H2,1-3H3,(H,61,66)(H,62,76)/t41-,42+,43+,44+,45+,46+,47+,48-,49-,50-,51-,52+,53-,54+,55-,56+,58+,59+,60-/m0/s1. The van der Waals surface area contributed by atoms with E-state index in [-0.39, 0.29) is 12.8 Å². The lowest BCUT2D eigenvalue weighted by molar-refractivity contribution is -0.387. The van der Waals surface area contributed by atoms with Gasteiger partial charge in [-0.15, -0.1) is 0 Å². The zero-order valence-electron chi connectivity index (χ0n) is 50.1. The third-order valence-electron chi connectivity index (χ3n) is 16.5. The molecule has 3 rings (SSSR count). The van der Waals surface area contributed by atoms with Crippen molar-refractivity contribution in [2.45, 2.75) is 343 Å². The van der Waals surface area contributed by atoms with Gasteiger partial charge in [0.15, 0.2) is 18.9 Å². The van der Waals surface area contributed by atoms with Gasteiger partial charge in [0.2, 0.25) is 11.8 Å². The molecule has 0 unspecified atom stereocenters. The fraction of sp³-hybridized carbons (Fsp3) is 0.967. The van der Waals surface area contributed by atoms with Crippen molar-refractivity contribution in [3.63, 3.8) is 0 Å². The molecule has 3 fully saturated rings. The SMILES string of the molecule is CCCCCCCCCCCCCCCCCCCCCC[C@@H](O)C(=O)N[C@@H](CO[C@H]1O[C@H](CO)[C@H](O)[C@H](O[C@H]2O[C@H](CO)[C@H](O)[C@H](O)[C@H]2NC(C)=O)[C@H]1O[C@H]1O[C@H](CO)[C@H](O)[C@H](O)[C@H]1O)[C@H](O)[C@H](O)CCCCCCCCCCCC. The summed E-state index contributed by atoms with van der Waals surface area (Å²) in [5.41, 5.74) is 0. The first kappa shape index (κ1) is 74.5. The summed E-state index contributed by atoms with van der Waals surface area (Å²) < 4.78 is 36.0.